The molecule has 4 N–H and O–H groups in total. The lowest BCUT2D eigenvalue weighted by atomic mass is 9.90. The predicted molar refractivity (Wildman–Crippen MR) is 214 cm³/mol. The zero-order chi connectivity index (χ0) is 39.8. The number of Topliss-reactive ketones (excluding diaryl/α,β-unsaturated/α-hetero) is 1. The summed E-state index contributed by atoms with van der Waals surface area (Å²) in [5.74, 6) is -3.67. The lowest BCUT2D eigenvalue weighted by Gasteiger charge is -2.25. The highest BCUT2D eigenvalue weighted by molar-refractivity contribution is 6.23. The van der Waals surface area contributed by atoms with Crippen LogP contribution in [0.5, 0.6) is 11.5 Å². The summed E-state index contributed by atoms with van der Waals surface area (Å²) < 4.78 is 11.9. The highest BCUT2D eigenvalue weighted by Gasteiger charge is 2.21. The zero-order valence-corrected chi connectivity index (χ0v) is 30.7. The van der Waals surface area contributed by atoms with Gasteiger partial charge in [-0.2, -0.15) is 0 Å². The van der Waals surface area contributed by atoms with E-state index < -0.39 is 37.5 Å². The van der Waals surface area contributed by atoms with E-state index in [2.05, 4.69) is 59.9 Å². The number of hydrogen-bond donors (Lipinski definition) is 4. The van der Waals surface area contributed by atoms with Crippen LogP contribution in [0.4, 0.5) is 17.1 Å². The molecule has 6 rings (SSSR count). The molecule has 0 radical (unpaired) electrons. The molecule has 6 aromatic rings. The second kappa shape index (κ2) is 17.5. The first-order valence-corrected chi connectivity index (χ1v) is 18.1. The number of carboxylic acids is 3. The maximum Gasteiger partial charge on any atom is 0.323 e. The third-order valence-corrected chi connectivity index (χ3v) is 9.25. The number of carbonyl (C=O) groups excluding carboxylic acids is 2. The van der Waals surface area contributed by atoms with Crippen LogP contribution in [-0.4, -0.2) is 84.3 Å². The quantitative estimate of drug-likeness (QED) is 0.0493. The molecule has 0 heterocycles. The third kappa shape index (κ3) is 9.42. The molecule has 13 nitrogen and oxygen atoms in total. The number of ketones is 1. The van der Waals surface area contributed by atoms with Gasteiger partial charge >= 0.3 is 17.9 Å². The van der Waals surface area contributed by atoms with Crippen molar-refractivity contribution in [3.05, 3.63) is 103 Å². The minimum atomic E-state index is -1.22. The van der Waals surface area contributed by atoms with Crippen molar-refractivity contribution in [2.24, 2.45) is 0 Å². The van der Waals surface area contributed by atoms with Gasteiger partial charge in [-0.25, -0.2) is 0 Å². The molecule has 0 spiro atoms. The van der Waals surface area contributed by atoms with E-state index in [0.717, 1.165) is 10.5 Å². The Bertz CT molecular complexity index is 2360. The molecule has 1 amide bonds. The Kier molecular flexibility index (Phi) is 12.1. The number of para-hydroxylation sites is 2. The van der Waals surface area contributed by atoms with Crippen LogP contribution < -0.4 is 24.6 Å². The van der Waals surface area contributed by atoms with E-state index in [1.165, 1.54) is 44.1 Å². The molecule has 0 fully saturated rings. The molecule has 0 bridgehead atoms. The van der Waals surface area contributed by atoms with Crippen molar-refractivity contribution in [1.82, 2.24) is 0 Å². The van der Waals surface area contributed by atoms with Crippen molar-refractivity contribution in [2.45, 2.75) is 26.2 Å². The lowest BCUT2D eigenvalue weighted by Crippen LogP contribution is -2.34. The van der Waals surface area contributed by atoms with Crippen LogP contribution in [0, 0.1) is 0 Å². The highest BCUT2D eigenvalue weighted by Crippen LogP contribution is 2.37. The monoisotopic (exact) mass is 759 g/mol. The Morgan fingerprint density at radius 3 is 1.84 bits per heavy atom. The first-order chi connectivity index (χ1) is 27.0. The van der Waals surface area contributed by atoms with Gasteiger partial charge in [-0.15, -0.1) is 0 Å². The number of amides is 1. The van der Waals surface area contributed by atoms with Gasteiger partial charge in [0.15, 0.2) is 0 Å². The van der Waals surface area contributed by atoms with Crippen molar-refractivity contribution in [1.29, 1.82) is 0 Å². The van der Waals surface area contributed by atoms with Crippen LogP contribution in [0.3, 0.4) is 0 Å². The van der Waals surface area contributed by atoms with E-state index in [1.807, 2.05) is 0 Å². The van der Waals surface area contributed by atoms with Crippen molar-refractivity contribution in [3.63, 3.8) is 0 Å². The number of carbonyl (C=O) groups is 5. The summed E-state index contributed by atoms with van der Waals surface area (Å²) in [5.41, 5.74) is 2.13. The SMILES string of the molecule is CC(=O)CN(CC(=O)O)c1ccc(NC(=O)CCCc2ccc3ccc4cccc5ccc2c3c45)cc1OCCOc1ccccc1N(CC(=O)O)CC(=O)O. The number of benzene rings is 6. The average molecular weight is 760 g/mol. The van der Waals surface area contributed by atoms with Crippen LogP contribution in [0.1, 0.15) is 25.3 Å². The van der Waals surface area contributed by atoms with Crippen molar-refractivity contribution in [3.8, 4) is 11.5 Å². The Hall–Kier alpha value is -6.89. The van der Waals surface area contributed by atoms with E-state index in [1.54, 1.807) is 42.5 Å². The first-order valence-electron chi connectivity index (χ1n) is 18.1. The molecule has 0 aromatic heterocycles. The first kappa shape index (κ1) is 38.8. The molecule has 0 atom stereocenters. The fourth-order valence-corrected chi connectivity index (χ4v) is 7.00. The van der Waals surface area contributed by atoms with E-state index in [-0.39, 0.29) is 55.1 Å². The van der Waals surface area contributed by atoms with Gasteiger partial charge in [0.1, 0.15) is 50.1 Å². The maximum absolute atomic E-state index is 13.2. The largest absolute Gasteiger partial charge is 0.488 e. The summed E-state index contributed by atoms with van der Waals surface area (Å²) in [7, 11) is 0. The summed E-state index contributed by atoms with van der Waals surface area (Å²) in [5, 5.41) is 38.4. The van der Waals surface area contributed by atoms with Crippen molar-refractivity contribution < 1.29 is 48.8 Å². The van der Waals surface area contributed by atoms with E-state index >= 15 is 0 Å². The minimum absolute atomic E-state index is 0.0737. The predicted octanol–water partition coefficient (Wildman–Crippen LogP) is 6.46. The van der Waals surface area contributed by atoms with Crippen molar-refractivity contribution in [2.75, 3.05) is 54.5 Å². The number of nitrogens with one attached hydrogen (secondary N) is 1. The standard InChI is InChI=1S/C43H41N3O10/c1-27(47)23-45(24-39(49)50)35-19-17-32(22-37(35)56-21-20-55-36-10-3-2-9-34(36)46(25-40(51)52)26-41(53)54)44-38(48)11-5-6-28-12-13-31-15-14-29-7-4-8-30-16-18-33(28)43(31)42(29)30/h2-4,7-10,12-19,22H,5-6,11,20-21,23-26H2,1H3,(H,44,48)(H,49,50)(H,51,52)(H,53,54). The second-order valence-corrected chi connectivity index (χ2v) is 13.4. The molecule has 0 aliphatic rings. The molecular weight excluding hydrogens is 718 g/mol. The van der Waals surface area contributed by atoms with Gasteiger partial charge in [-0.05, 0) is 81.9 Å². The van der Waals surface area contributed by atoms with Crippen LogP contribution in [0.15, 0.2) is 97.1 Å². The number of hydrogen-bond acceptors (Lipinski definition) is 9. The Morgan fingerprint density at radius 1 is 0.607 bits per heavy atom. The van der Waals surface area contributed by atoms with Gasteiger partial charge in [0.2, 0.25) is 5.91 Å². The molecule has 56 heavy (non-hydrogen) atoms. The van der Waals surface area contributed by atoms with Gasteiger partial charge < -0.3 is 39.9 Å². The Balaban J connectivity index is 1.14. The number of aliphatic carboxylic acids is 3. The third-order valence-electron chi connectivity index (χ3n) is 9.25. The highest BCUT2D eigenvalue weighted by atomic mass is 16.5. The van der Waals surface area contributed by atoms with E-state index in [9.17, 15) is 39.3 Å². The topological polar surface area (TPSA) is 183 Å². The molecule has 0 saturated heterocycles. The molecule has 288 valence electrons. The van der Waals surface area contributed by atoms with Gasteiger partial charge in [0.25, 0.3) is 0 Å². The van der Waals surface area contributed by atoms with E-state index in [4.69, 9.17) is 9.47 Å². The molecular formula is C43H41N3O10. The summed E-state index contributed by atoms with van der Waals surface area (Å²) in [6.07, 6.45) is 1.53. The fraction of sp³-hybridized carbons (Fsp3) is 0.233. The van der Waals surface area contributed by atoms with Gasteiger partial charge in [-0.1, -0.05) is 66.7 Å². The van der Waals surface area contributed by atoms with E-state index in [0.29, 0.717) is 24.2 Å². The molecule has 0 aliphatic heterocycles. The summed E-state index contributed by atoms with van der Waals surface area (Å²) in [6.45, 7) is -0.647. The van der Waals surface area contributed by atoms with Crippen LogP contribution in [-0.2, 0) is 30.4 Å². The zero-order valence-electron chi connectivity index (χ0n) is 30.7. The molecule has 0 unspecified atom stereocenters. The van der Waals surface area contributed by atoms with Crippen LogP contribution in [0.2, 0.25) is 0 Å². The second-order valence-electron chi connectivity index (χ2n) is 13.4. The molecule has 13 heteroatoms. The van der Waals surface area contributed by atoms with Crippen LogP contribution >= 0.6 is 0 Å². The number of aryl methyl sites for hydroxylation is 1. The summed E-state index contributed by atoms with van der Waals surface area (Å²) in [4.78, 5) is 62.4. The summed E-state index contributed by atoms with van der Waals surface area (Å²) >= 11 is 0. The number of anilines is 3. The van der Waals surface area contributed by atoms with Crippen LogP contribution in [0.25, 0.3) is 32.3 Å². The lowest BCUT2D eigenvalue weighted by molar-refractivity contribution is -0.137. The number of rotatable bonds is 20. The van der Waals surface area contributed by atoms with Gasteiger partial charge in [0, 0.05) is 18.2 Å². The molecule has 6 aromatic carbocycles. The van der Waals surface area contributed by atoms with Crippen molar-refractivity contribution >= 4 is 79.0 Å². The molecule has 0 aliphatic carbocycles. The minimum Gasteiger partial charge on any atom is -0.488 e. The average Bonchev–Trinajstić information content (AvgIpc) is 3.15. The molecule has 0 saturated carbocycles. The number of carboxylic acid groups (broad SMARTS) is 3. The normalized spacial score (nSPS) is 11.1. The van der Waals surface area contributed by atoms with Gasteiger partial charge in [-0.3, -0.25) is 24.0 Å². The Morgan fingerprint density at radius 2 is 1.18 bits per heavy atom. The fourth-order valence-electron chi connectivity index (χ4n) is 7.00. The number of ether oxygens (including phenoxy) is 2. The smallest absolute Gasteiger partial charge is 0.323 e. The Labute approximate surface area is 322 Å². The van der Waals surface area contributed by atoms with Gasteiger partial charge in [0.05, 0.1) is 17.9 Å². The maximum atomic E-state index is 13.2. The summed E-state index contributed by atoms with van der Waals surface area (Å²) in [6, 6.07) is 30.3. The number of nitrogens with zero attached hydrogens (tertiary/aromatic N) is 2.